The Morgan fingerprint density at radius 3 is 2.38 bits per heavy atom. The SMILES string of the molecule is CCC(=O)C(CC)(CC)NC(=O)c1ccc(C2CC2)c(OCC2CC2)n1. The maximum Gasteiger partial charge on any atom is 0.270 e. The number of hydrogen-bond acceptors (Lipinski definition) is 4. The van der Waals surface area contributed by atoms with E-state index in [4.69, 9.17) is 4.74 Å². The van der Waals surface area contributed by atoms with Crippen LogP contribution in [0.1, 0.15) is 87.7 Å². The lowest BCUT2D eigenvalue weighted by Crippen LogP contribution is -2.53. The Bertz CT molecular complexity index is 674. The molecular formula is C21H30N2O3. The van der Waals surface area contributed by atoms with Gasteiger partial charge in [-0.05, 0) is 56.4 Å². The zero-order valence-electron chi connectivity index (χ0n) is 16.1. The largest absolute Gasteiger partial charge is 0.477 e. The number of carbonyl (C=O) groups is 2. The molecule has 2 aliphatic rings. The molecule has 0 atom stereocenters. The van der Waals surface area contributed by atoms with E-state index in [1.807, 2.05) is 26.8 Å². The molecule has 1 N–H and O–H groups in total. The van der Waals surface area contributed by atoms with Crippen LogP contribution < -0.4 is 10.1 Å². The van der Waals surface area contributed by atoms with Gasteiger partial charge >= 0.3 is 0 Å². The summed E-state index contributed by atoms with van der Waals surface area (Å²) in [7, 11) is 0. The molecule has 0 saturated heterocycles. The number of aromatic nitrogens is 1. The molecule has 0 aromatic carbocycles. The molecule has 26 heavy (non-hydrogen) atoms. The lowest BCUT2D eigenvalue weighted by atomic mass is 9.86. The fourth-order valence-corrected chi connectivity index (χ4v) is 3.39. The van der Waals surface area contributed by atoms with Crippen molar-refractivity contribution in [2.24, 2.45) is 5.92 Å². The van der Waals surface area contributed by atoms with Crippen LogP contribution in [0, 0.1) is 5.92 Å². The highest BCUT2D eigenvalue weighted by molar-refractivity contribution is 5.98. The number of Topliss-reactive ketones (excluding diaryl/α,β-unsaturated/α-hetero) is 1. The van der Waals surface area contributed by atoms with E-state index in [1.54, 1.807) is 6.07 Å². The molecule has 1 aromatic rings. The van der Waals surface area contributed by atoms with E-state index in [0.717, 1.165) is 18.4 Å². The van der Waals surface area contributed by atoms with Gasteiger partial charge in [0, 0.05) is 12.0 Å². The summed E-state index contributed by atoms with van der Waals surface area (Å²) in [5.74, 6) is 1.52. The topological polar surface area (TPSA) is 68.3 Å². The average Bonchev–Trinajstić information content (AvgIpc) is 3.57. The van der Waals surface area contributed by atoms with Crippen molar-refractivity contribution in [3.05, 3.63) is 23.4 Å². The Morgan fingerprint density at radius 1 is 1.15 bits per heavy atom. The van der Waals surface area contributed by atoms with E-state index < -0.39 is 5.54 Å². The second-order valence-corrected chi connectivity index (χ2v) is 7.64. The molecule has 0 unspecified atom stereocenters. The molecule has 5 heteroatoms. The van der Waals surface area contributed by atoms with Crippen LogP contribution in [0.25, 0.3) is 0 Å². The molecule has 1 amide bonds. The predicted octanol–water partition coefficient (Wildman–Crippen LogP) is 4.02. The first-order chi connectivity index (χ1) is 12.5. The minimum absolute atomic E-state index is 0.0654. The van der Waals surface area contributed by atoms with Crippen LogP contribution in [0.2, 0.25) is 0 Å². The number of amides is 1. The maximum absolute atomic E-state index is 12.8. The number of nitrogens with one attached hydrogen (secondary N) is 1. The minimum atomic E-state index is -0.808. The van der Waals surface area contributed by atoms with Gasteiger partial charge < -0.3 is 10.1 Å². The van der Waals surface area contributed by atoms with Crippen molar-refractivity contribution < 1.29 is 14.3 Å². The summed E-state index contributed by atoms with van der Waals surface area (Å²) in [6, 6.07) is 3.74. The van der Waals surface area contributed by atoms with E-state index >= 15 is 0 Å². The first kappa shape index (κ1) is 18.9. The van der Waals surface area contributed by atoms with E-state index in [2.05, 4.69) is 10.3 Å². The molecule has 5 nitrogen and oxygen atoms in total. The number of nitrogens with zero attached hydrogens (tertiary/aromatic N) is 1. The fraction of sp³-hybridized carbons (Fsp3) is 0.667. The monoisotopic (exact) mass is 358 g/mol. The zero-order valence-corrected chi connectivity index (χ0v) is 16.1. The lowest BCUT2D eigenvalue weighted by molar-refractivity contribution is -0.125. The molecule has 142 valence electrons. The first-order valence-corrected chi connectivity index (χ1v) is 10.0. The Morgan fingerprint density at radius 2 is 1.85 bits per heavy atom. The van der Waals surface area contributed by atoms with Crippen LogP contribution in [0.5, 0.6) is 5.88 Å². The summed E-state index contributed by atoms with van der Waals surface area (Å²) >= 11 is 0. The number of pyridine rings is 1. The van der Waals surface area contributed by atoms with Crippen molar-refractivity contribution in [2.45, 2.75) is 77.2 Å². The second kappa shape index (κ2) is 7.77. The lowest BCUT2D eigenvalue weighted by Gasteiger charge is -2.31. The van der Waals surface area contributed by atoms with Crippen molar-refractivity contribution in [1.82, 2.24) is 10.3 Å². The molecule has 2 aliphatic carbocycles. The third-order valence-electron chi connectivity index (χ3n) is 5.71. The van der Waals surface area contributed by atoms with Gasteiger partial charge in [-0.25, -0.2) is 4.98 Å². The molecule has 2 fully saturated rings. The summed E-state index contributed by atoms with van der Waals surface area (Å²) in [6.45, 7) is 6.39. The van der Waals surface area contributed by atoms with E-state index in [9.17, 15) is 9.59 Å². The van der Waals surface area contributed by atoms with Crippen LogP contribution in [-0.2, 0) is 4.79 Å². The molecule has 2 saturated carbocycles. The van der Waals surface area contributed by atoms with E-state index in [1.165, 1.54) is 12.8 Å². The number of hydrogen-bond donors (Lipinski definition) is 1. The summed E-state index contributed by atoms with van der Waals surface area (Å²) in [4.78, 5) is 29.7. The van der Waals surface area contributed by atoms with Crippen LogP contribution >= 0.6 is 0 Å². The number of ketones is 1. The number of ether oxygens (including phenoxy) is 1. The van der Waals surface area contributed by atoms with Gasteiger partial charge in [0.15, 0.2) is 5.78 Å². The fourth-order valence-electron chi connectivity index (χ4n) is 3.39. The molecule has 0 aliphatic heterocycles. The van der Waals surface area contributed by atoms with Crippen molar-refractivity contribution in [3.8, 4) is 5.88 Å². The normalized spacial score (nSPS) is 17.0. The van der Waals surface area contributed by atoms with Crippen LogP contribution in [0.15, 0.2) is 12.1 Å². The summed E-state index contributed by atoms with van der Waals surface area (Å²) in [6.07, 6.45) is 6.31. The van der Waals surface area contributed by atoms with Gasteiger partial charge in [0.25, 0.3) is 5.91 Å². The van der Waals surface area contributed by atoms with Gasteiger partial charge in [-0.3, -0.25) is 9.59 Å². The molecule has 0 spiro atoms. The Balaban J connectivity index is 1.79. The zero-order chi connectivity index (χ0) is 18.7. The number of carbonyl (C=O) groups excluding carboxylic acids is 2. The minimum Gasteiger partial charge on any atom is -0.477 e. The summed E-state index contributed by atoms with van der Waals surface area (Å²) in [5, 5.41) is 2.96. The molecule has 1 aromatic heterocycles. The third kappa shape index (κ3) is 4.08. The van der Waals surface area contributed by atoms with Gasteiger partial charge in [-0.2, -0.15) is 0 Å². The van der Waals surface area contributed by atoms with Crippen LogP contribution in [0.4, 0.5) is 0 Å². The van der Waals surface area contributed by atoms with Crippen molar-refractivity contribution in [3.63, 3.8) is 0 Å². The van der Waals surface area contributed by atoms with Gasteiger partial charge in [0.1, 0.15) is 5.69 Å². The smallest absolute Gasteiger partial charge is 0.270 e. The van der Waals surface area contributed by atoms with Gasteiger partial charge in [0.2, 0.25) is 5.88 Å². The highest BCUT2D eigenvalue weighted by atomic mass is 16.5. The van der Waals surface area contributed by atoms with Crippen LogP contribution in [0.3, 0.4) is 0 Å². The highest BCUT2D eigenvalue weighted by Crippen LogP contribution is 2.44. The van der Waals surface area contributed by atoms with Gasteiger partial charge in [0.05, 0.1) is 12.1 Å². The number of rotatable bonds is 10. The first-order valence-electron chi connectivity index (χ1n) is 10.0. The molecule has 0 radical (unpaired) electrons. The van der Waals surface area contributed by atoms with Crippen molar-refractivity contribution in [1.29, 1.82) is 0 Å². The standard InChI is InChI=1S/C21H30N2O3/c1-4-18(24)21(5-2,6-3)23-19(25)17-12-11-16(15-9-10-15)20(22-17)26-13-14-7-8-14/h11-12,14-15H,4-10,13H2,1-3H3,(H,23,25). The predicted molar refractivity (Wildman–Crippen MR) is 101 cm³/mol. The molecule has 1 heterocycles. The van der Waals surface area contributed by atoms with Crippen molar-refractivity contribution in [2.75, 3.05) is 6.61 Å². The summed E-state index contributed by atoms with van der Waals surface area (Å²) < 4.78 is 5.95. The van der Waals surface area contributed by atoms with E-state index in [-0.39, 0.29) is 11.7 Å². The molecule has 0 bridgehead atoms. The van der Waals surface area contributed by atoms with E-state index in [0.29, 0.717) is 49.3 Å². The quantitative estimate of drug-likeness (QED) is 0.686. The Kier molecular flexibility index (Phi) is 5.64. The summed E-state index contributed by atoms with van der Waals surface area (Å²) in [5.41, 5.74) is 0.636. The Labute approximate surface area is 155 Å². The highest BCUT2D eigenvalue weighted by Gasteiger charge is 2.36. The van der Waals surface area contributed by atoms with Gasteiger partial charge in [-0.15, -0.1) is 0 Å². The molecule has 3 rings (SSSR count). The second-order valence-electron chi connectivity index (χ2n) is 7.64. The van der Waals surface area contributed by atoms with Crippen molar-refractivity contribution >= 4 is 11.7 Å². The maximum atomic E-state index is 12.8. The van der Waals surface area contributed by atoms with Crippen LogP contribution in [-0.4, -0.2) is 28.8 Å². The average molecular weight is 358 g/mol. The molecular weight excluding hydrogens is 328 g/mol. The third-order valence-corrected chi connectivity index (χ3v) is 5.71. The van der Waals surface area contributed by atoms with Gasteiger partial charge in [-0.1, -0.05) is 26.8 Å². The Hall–Kier alpha value is -1.91.